The van der Waals surface area contributed by atoms with E-state index in [1.54, 1.807) is 29.2 Å². The molecule has 1 aliphatic rings. The molecular weight excluding hydrogens is 494 g/mol. The molecule has 0 spiro atoms. The third-order valence-corrected chi connectivity index (χ3v) is 8.00. The Morgan fingerprint density at radius 1 is 1.00 bits per heavy atom. The Morgan fingerprint density at radius 2 is 1.68 bits per heavy atom. The largest absolute Gasteiger partial charge is 0.489 e. The average Bonchev–Trinajstić information content (AvgIpc) is 2.88. The molecule has 196 valence electrons. The van der Waals surface area contributed by atoms with Crippen LogP contribution in [-0.4, -0.2) is 79.6 Å². The van der Waals surface area contributed by atoms with Crippen LogP contribution in [0.4, 0.5) is 0 Å². The molecule has 0 aromatic heterocycles. The second kappa shape index (κ2) is 11.3. The van der Waals surface area contributed by atoms with E-state index in [1.807, 2.05) is 12.1 Å². The number of carbonyl (C=O) groups is 2. The van der Waals surface area contributed by atoms with Crippen molar-refractivity contribution in [2.45, 2.75) is 19.6 Å². The summed E-state index contributed by atoms with van der Waals surface area (Å²) in [5, 5.41) is 14.6. The highest BCUT2D eigenvalue weighted by Crippen LogP contribution is 2.24. The number of benzene rings is 3. The summed E-state index contributed by atoms with van der Waals surface area (Å²) < 4.78 is 30.7. The Morgan fingerprint density at radius 3 is 2.32 bits per heavy atom. The van der Waals surface area contributed by atoms with Gasteiger partial charge in [-0.25, -0.2) is 8.42 Å². The summed E-state index contributed by atoms with van der Waals surface area (Å²) in [4.78, 5) is 26.2. The number of hydrogen-bond donors (Lipinski definition) is 2. The van der Waals surface area contributed by atoms with Crippen LogP contribution in [0.15, 0.2) is 60.7 Å². The van der Waals surface area contributed by atoms with E-state index in [4.69, 9.17) is 4.74 Å². The van der Waals surface area contributed by atoms with Gasteiger partial charge < -0.3 is 15.2 Å². The van der Waals surface area contributed by atoms with E-state index in [2.05, 4.69) is 36.5 Å². The van der Waals surface area contributed by atoms with Crippen molar-refractivity contribution in [2.75, 3.05) is 39.0 Å². The molecule has 3 aromatic carbocycles. The second-order valence-electron chi connectivity index (χ2n) is 9.16. The maximum absolute atomic E-state index is 12.7. The number of fused-ring (bicyclic) bond motifs is 1. The van der Waals surface area contributed by atoms with E-state index < -0.39 is 27.9 Å². The molecule has 2 N–H and O–H groups in total. The Hall–Kier alpha value is -3.47. The molecule has 1 fully saturated rings. The number of aliphatic carboxylic acids is 1. The molecule has 0 saturated carbocycles. The predicted octanol–water partition coefficient (Wildman–Crippen LogP) is 2.49. The van der Waals surface area contributed by atoms with Crippen molar-refractivity contribution in [3.05, 3.63) is 77.4 Å². The normalized spacial score (nSPS) is 15.8. The van der Waals surface area contributed by atoms with E-state index in [-0.39, 0.29) is 32.7 Å². The molecule has 1 aliphatic heterocycles. The van der Waals surface area contributed by atoms with Crippen LogP contribution in [-0.2, 0) is 21.4 Å². The average molecular weight is 526 g/mol. The number of aryl methyl sites for hydroxylation is 1. The zero-order chi connectivity index (χ0) is 26.6. The Kier molecular flexibility index (Phi) is 8.11. The van der Waals surface area contributed by atoms with Gasteiger partial charge in [-0.15, -0.1) is 0 Å². The van der Waals surface area contributed by atoms with Crippen LogP contribution in [0.25, 0.3) is 10.8 Å². The number of ether oxygens (including phenoxy) is 1. The van der Waals surface area contributed by atoms with E-state index in [1.165, 1.54) is 4.31 Å². The number of amides is 1. The van der Waals surface area contributed by atoms with Gasteiger partial charge >= 0.3 is 5.97 Å². The van der Waals surface area contributed by atoms with Crippen LogP contribution in [0.3, 0.4) is 0 Å². The molecule has 1 atom stereocenters. The molecule has 3 aromatic rings. The van der Waals surface area contributed by atoms with Crippen LogP contribution < -0.4 is 10.1 Å². The first-order valence-electron chi connectivity index (χ1n) is 12.0. The number of rotatable bonds is 9. The number of carboxylic acids is 1. The predicted molar refractivity (Wildman–Crippen MR) is 141 cm³/mol. The molecule has 0 unspecified atom stereocenters. The van der Waals surface area contributed by atoms with Crippen molar-refractivity contribution in [2.24, 2.45) is 0 Å². The standard InChI is InChI=1S/C27H31N3O6S/c1-19-7-8-20-5-3-4-6-23(20)24(19)18-36-22-11-9-21(10-12-22)26(31)28-17-25(27(32)33)29-13-15-30(16-14-29)37(2,34)35/h3-12,25H,13-18H2,1-2H3,(H,28,31)(H,32,33)/t25-/m0/s1. The fourth-order valence-corrected chi connectivity index (χ4v) is 5.33. The molecule has 1 saturated heterocycles. The summed E-state index contributed by atoms with van der Waals surface area (Å²) in [5.41, 5.74) is 2.64. The summed E-state index contributed by atoms with van der Waals surface area (Å²) >= 11 is 0. The fourth-order valence-electron chi connectivity index (χ4n) is 4.51. The van der Waals surface area contributed by atoms with E-state index >= 15 is 0 Å². The number of carboxylic acid groups (broad SMARTS) is 1. The van der Waals surface area contributed by atoms with Gasteiger partial charge in [0.25, 0.3) is 5.91 Å². The highest BCUT2D eigenvalue weighted by molar-refractivity contribution is 7.88. The van der Waals surface area contributed by atoms with Gasteiger partial charge in [0.1, 0.15) is 18.4 Å². The minimum absolute atomic E-state index is 0.0916. The molecule has 1 heterocycles. The molecule has 1 amide bonds. The van der Waals surface area contributed by atoms with E-state index in [0.29, 0.717) is 17.9 Å². The lowest BCUT2D eigenvalue weighted by atomic mass is 10.0. The number of sulfonamides is 1. The van der Waals surface area contributed by atoms with E-state index in [0.717, 1.165) is 28.2 Å². The number of carbonyl (C=O) groups excluding carboxylic acids is 1. The zero-order valence-corrected chi connectivity index (χ0v) is 21.7. The molecule has 0 radical (unpaired) electrons. The summed E-state index contributed by atoms with van der Waals surface area (Å²) in [6.07, 6.45) is 1.14. The Labute approximate surface area is 216 Å². The van der Waals surface area contributed by atoms with Crippen molar-refractivity contribution < 1.29 is 27.9 Å². The lowest BCUT2D eigenvalue weighted by Gasteiger charge is -2.36. The molecule has 9 nitrogen and oxygen atoms in total. The zero-order valence-electron chi connectivity index (χ0n) is 20.9. The SMILES string of the molecule is Cc1ccc2ccccc2c1COc1ccc(C(=O)NC[C@@H](C(=O)O)N2CCN(S(C)(=O)=O)CC2)cc1. The van der Waals surface area contributed by atoms with Crippen LogP contribution in [0, 0.1) is 6.92 Å². The summed E-state index contributed by atoms with van der Waals surface area (Å²) in [6.45, 7) is 3.35. The van der Waals surface area contributed by atoms with Gasteiger partial charge in [0.15, 0.2) is 0 Å². The third kappa shape index (κ3) is 6.46. The number of hydrogen-bond acceptors (Lipinski definition) is 6. The molecule has 0 bridgehead atoms. The molecular formula is C27H31N3O6S. The molecule has 37 heavy (non-hydrogen) atoms. The summed E-state index contributed by atoms with van der Waals surface area (Å²) in [6, 6.07) is 18.1. The Bertz CT molecular complexity index is 1380. The lowest BCUT2D eigenvalue weighted by molar-refractivity contribution is -0.143. The second-order valence-corrected chi connectivity index (χ2v) is 11.1. The van der Waals surface area contributed by atoms with Crippen molar-refractivity contribution in [1.82, 2.24) is 14.5 Å². The van der Waals surface area contributed by atoms with Gasteiger partial charge in [-0.3, -0.25) is 14.5 Å². The van der Waals surface area contributed by atoms with Gasteiger partial charge in [0.2, 0.25) is 10.0 Å². The van der Waals surface area contributed by atoms with Crippen molar-refractivity contribution in [3.8, 4) is 5.75 Å². The van der Waals surface area contributed by atoms with Gasteiger partial charge in [-0.1, -0.05) is 36.4 Å². The highest BCUT2D eigenvalue weighted by Gasteiger charge is 2.31. The van der Waals surface area contributed by atoms with Crippen molar-refractivity contribution >= 4 is 32.7 Å². The van der Waals surface area contributed by atoms with Crippen LogP contribution in [0.2, 0.25) is 0 Å². The summed E-state index contributed by atoms with van der Waals surface area (Å²) in [5.74, 6) is -0.839. The molecule has 10 heteroatoms. The minimum atomic E-state index is -3.31. The van der Waals surface area contributed by atoms with Gasteiger partial charge in [-0.2, -0.15) is 4.31 Å². The summed E-state index contributed by atoms with van der Waals surface area (Å²) in [7, 11) is -3.31. The van der Waals surface area contributed by atoms with Crippen LogP contribution >= 0.6 is 0 Å². The van der Waals surface area contributed by atoms with Crippen molar-refractivity contribution in [1.29, 1.82) is 0 Å². The van der Waals surface area contributed by atoms with E-state index in [9.17, 15) is 23.1 Å². The maximum atomic E-state index is 12.7. The number of nitrogens with one attached hydrogen (secondary N) is 1. The maximum Gasteiger partial charge on any atom is 0.322 e. The fraction of sp³-hybridized carbons (Fsp3) is 0.333. The van der Waals surface area contributed by atoms with Gasteiger partial charge in [0.05, 0.1) is 6.26 Å². The van der Waals surface area contributed by atoms with Gasteiger partial charge in [-0.05, 0) is 47.5 Å². The quantitative estimate of drug-likeness (QED) is 0.441. The lowest BCUT2D eigenvalue weighted by Crippen LogP contribution is -2.56. The van der Waals surface area contributed by atoms with Crippen LogP contribution in [0.5, 0.6) is 5.75 Å². The van der Waals surface area contributed by atoms with Gasteiger partial charge in [0, 0.05) is 43.9 Å². The smallest absolute Gasteiger partial charge is 0.322 e. The third-order valence-electron chi connectivity index (χ3n) is 6.70. The van der Waals surface area contributed by atoms with Crippen molar-refractivity contribution in [3.63, 3.8) is 0 Å². The topological polar surface area (TPSA) is 116 Å². The first-order valence-corrected chi connectivity index (χ1v) is 13.9. The first kappa shape index (κ1) is 26.6. The minimum Gasteiger partial charge on any atom is -0.489 e. The number of piperazine rings is 1. The molecule has 0 aliphatic carbocycles. The Balaban J connectivity index is 1.33. The highest BCUT2D eigenvalue weighted by atomic mass is 32.2. The first-order chi connectivity index (χ1) is 17.6. The molecule has 4 rings (SSSR count). The number of nitrogens with zero attached hydrogens (tertiary/aromatic N) is 2. The monoisotopic (exact) mass is 525 g/mol. The van der Waals surface area contributed by atoms with Crippen LogP contribution in [0.1, 0.15) is 21.5 Å².